The molecule has 208 valence electrons. The number of methoxy groups -OCH3 is 2. The van der Waals surface area contributed by atoms with E-state index < -0.39 is 53.7 Å². The van der Waals surface area contributed by atoms with E-state index in [1.165, 1.54) is 14.2 Å². The fourth-order valence-electron chi connectivity index (χ4n) is 3.71. The molecule has 0 radical (unpaired) electrons. The zero-order valence-corrected chi connectivity index (χ0v) is 22.5. The number of hydrogen-bond acceptors (Lipinski definition) is 10. The lowest BCUT2D eigenvalue weighted by Crippen LogP contribution is -2.58. The maximum atomic E-state index is 13.3. The number of primary amides is 1. The van der Waals surface area contributed by atoms with Gasteiger partial charge in [0.25, 0.3) is 5.91 Å². The summed E-state index contributed by atoms with van der Waals surface area (Å²) in [5, 5.41) is 25.5. The van der Waals surface area contributed by atoms with Gasteiger partial charge in [0.1, 0.15) is 22.4 Å². The molecule has 2 rings (SSSR count). The zero-order valence-electron chi connectivity index (χ0n) is 21.7. The Kier molecular flexibility index (Phi) is 11.5. The van der Waals surface area contributed by atoms with Gasteiger partial charge in [-0.2, -0.15) is 0 Å². The molecule has 12 nitrogen and oxygen atoms in total. The van der Waals surface area contributed by atoms with Crippen LogP contribution in [0.1, 0.15) is 38.8 Å². The van der Waals surface area contributed by atoms with Crippen LogP contribution in [0.3, 0.4) is 0 Å². The van der Waals surface area contributed by atoms with Gasteiger partial charge in [-0.1, -0.05) is 30.3 Å². The summed E-state index contributed by atoms with van der Waals surface area (Å²) in [6, 6.07) is 6.32. The van der Waals surface area contributed by atoms with E-state index in [9.17, 15) is 29.4 Å². The van der Waals surface area contributed by atoms with Gasteiger partial charge in [-0.05, 0) is 25.8 Å². The zero-order chi connectivity index (χ0) is 28.5. The number of ketones is 1. The summed E-state index contributed by atoms with van der Waals surface area (Å²) in [6.45, 7) is 1.56. The van der Waals surface area contributed by atoms with Crippen molar-refractivity contribution in [3.63, 3.8) is 0 Å². The van der Waals surface area contributed by atoms with Crippen molar-refractivity contribution in [3.05, 3.63) is 51.5 Å². The molecule has 0 bridgehead atoms. The molecular weight excluding hydrogens is 516 g/mol. The summed E-state index contributed by atoms with van der Waals surface area (Å²) in [5.74, 6) is -4.05. The highest BCUT2D eigenvalue weighted by molar-refractivity contribution is 7.13. The minimum atomic E-state index is -2.11. The second kappa shape index (κ2) is 14.1. The molecule has 1 aromatic carbocycles. The van der Waals surface area contributed by atoms with E-state index in [-0.39, 0.29) is 30.2 Å². The van der Waals surface area contributed by atoms with Crippen molar-refractivity contribution in [1.29, 1.82) is 0 Å². The summed E-state index contributed by atoms with van der Waals surface area (Å²) in [4.78, 5) is 55.8. The van der Waals surface area contributed by atoms with Crippen molar-refractivity contribution in [1.82, 2.24) is 15.6 Å². The first-order valence-corrected chi connectivity index (χ1v) is 12.5. The van der Waals surface area contributed by atoms with Crippen molar-refractivity contribution >= 4 is 34.8 Å². The van der Waals surface area contributed by atoms with Gasteiger partial charge in [-0.15, -0.1) is 11.3 Å². The maximum Gasteiger partial charge on any atom is 0.260 e. The Labute approximate surface area is 224 Å². The van der Waals surface area contributed by atoms with E-state index in [4.69, 9.17) is 15.2 Å². The van der Waals surface area contributed by atoms with Crippen molar-refractivity contribution in [2.75, 3.05) is 34.0 Å². The van der Waals surface area contributed by atoms with Gasteiger partial charge in [0.15, 0.2) is 5.78 Å². The number of aryl methyl sites for hydroxylation is 1. The Morgan fingerprint density at radius 2 is 1.66 bits per heavy atom. The summed E-state index contributed by atoms with van der Waals surface area (Å²) in [5.41, 5.74) is 4.18. The number of Topliss-reactive ketones (excluding diaryl/α,β-unsaturated/α-hetero) is 1. The number of hydrogen-bond donors (Lipinski definition) is 5. The van der Waals surface area contributed by atoms with Gasteiger partial charge in [-0.25, -0.2) is 4.98 Å². The summed E-state index contributed by atoms with van der Waals surface area (Å²) in [7, 11) is 2.70. The minimum absolute atomic E-state index is 0.0293. The Hall–Kier alpha value is -3.23. The molecule has 0 aliphatic heterocycles. The van der Waals surface area contributed by atoms with Crippen molar-refractivity contribution in [2.24, 2.45) is 5.73 Å². The third kappa shape index (κ3) is 8.13. The van der Waals surface area contributed by atoms with E-state index in [1.54, 1.807) is 37.3 Å². The van der Waals surface area contributed by atoms with Gasteiger partial charge in [0.05, 0.1) is 36.6 Å². The number of carbonyl (C=O) groups is 4. The molecule has 0 saturated carbocycles. The molecule has 0 spiro atoms. The highest BCUT2D eigenvalue weighted by Crippen LogP contribution is 2.26. The molecule has 6 N–H and O–H groups in total. The number of rotatable bonds is 15. The van der Waals surface area contributed by atoms with Crippen LogP contribution in [0.25, 0.3) is 0 Å². The quantitative estimate of drug-likeness (QED) is 0.194. The Morgan fingerprint density at radius 3 is 2.21 bits per heavy atom. The predicted octanol–water partition coefficient (Wildman–Crippen LogP) is -0.548. The number of ether oxygens (including phenoxy) is 2. The van der Waals surface area contributed by atoms with Gasteiger partial charge in [0.2, 0.25) is 11.8 Å². The molecule has 3 amide bonds. The van der Waals surface area contributed by atoms with E-state index in [2.05, 4.69) is 15.6 Å². The molecule has 13 heteroatoms. The average molecular weight is 551 g/mol. The van der Waals surface area contributed by atoms with Crippen LogP contribution in [0.4, 0.5) is 0 Å². The molecule has 4 atom stereocenters. The molecule has 0 aliphatic rings. The molecular formula is C25H34N4O8S. The van der Waals surface area contributed by atoms with E-state index in [0.717, 1.165) is 18.3 Å². The summed E-state index contributed by atoms with van der Waals surface area (Å²) in [6.07, 6.45) is 0.0293. The molecule has 1 heterocycles. The highest BCUT2D eigenvalue weighted by Gasteiger charge is 2.38. The summed E-state index contributed by atoms with van der Waals surface area (Å²) >= 11 is 1.04. The van der Waals surface area contributed by atoms with E-state index in [1.807, 2.05) is 0 Å². The van der Waals surface area contributed by atoms with Crippen LogP contribution < -0.4 is 16.4 Å². The number of carbonyl (C=O) groups excluding carboxylic acids is 4. The SMILES string of the molecule is COC[C@H](NC(=O)[C@H](COC)c1nc(C)sc1C(N)=O)C(=O)N[C@@H](Cc1ccccc1)C(=O)[C@](C)(O)CO. The Morgan fingerprint density at radius 1 is 1.05 bits per heavy atom. The van der Waals surface area contributed by atoms with E-state index >= 15 is 0 Å². The molecule has 38 heavy (non-hydrogen) atoms. The lowest BCUT2D eigenvalue weighted by Gasteiger charge is -2.28. The second-order valence-electron chi connectivity index (χ2n) is 8.88. The first-order valence-electron chi connectivity index (χ1n) is 11.7. The number of benzene rings is 1. The monoisotopic (exact) mass is 550 g/mol. The average Bonchev–Trinajstić information content (AvgIpc) is 3.28. The third-order valence-electron chi connectivity index (χ3n) is 5.68. The lowest BCUT2D eigenvalue weighted by atomic mass is 9.91. The van der Waals surface area contributed by atoms with Crippen molar-refractivity contribution in [3.8, 4) is 0 Å². The molecule has 0 aliphatic carbocycles. The van der Waals surface area contributed by atoms with Crippen LogP contribution in [-0.2, 0) is 30.3 Å². The maximum absolute atomic E-state index is 13.3. The molecule has 2 aromatic rings. The highest BCUT2D eigenvalue weighted by atomic mass is 32.1. The predicted molar refractivity (Wildman–Crippen MR) is 139 cm³/mol. The topological polar surface area (TPSA) is 190 Å². The first-order chi connectivity index (χ1) is 17.9. The second-order valence-corrected chi connectivity index (χ2v) is 10.1. The molecule has 1 aromatic heterocycles. The van der Waals surface area contributed by atoms with Crippen LogP contribution in [0.2, 0.25) is 0 Å². The van der Waals surface area contributed by atoms with Crippen LogP contribution in [-0.4, -0.2) is 90.4 Å². The van der Waals surface area contributed by atoms with Gasteiger partial charge in [-0.3, -0.25) is 19.2 Å². The number of aliphatic hydroxyl groups is 2. The Balaban J connectivity index is 2.31. The van der Waals surface area contributed by atoms with Crippen LogP contribution >= 0.6 is 11.3 Å². The number of aromatic nitrogens is 1. The lowest BCUT2D eigenvalue weighted by molar-refractivity contribution is -0.144. The number of thiazole rings is 1. The standard InChI is InChI=1S/C25H34N4O8S/c1-14-27-19(20(38-14)22(26)32)16(11-36-3)23(33)29-18(12-37-4)24(34)28-17(21(31)25(2,35)13-30)10-15-8-6-5-7-9-15/h5-9,16-18,30,35H,10-13H2,1-4H3,(H2,26,32)(H,28,34)(H,29,33)/t16-,17+,18+,25-/m1/s1. The van der Waals surface area contributed by atoms with Gasteiger partial charge < -0.3 is 36.1 Å². The third-order valence-corrected chi connectivity index (χ3v) is 6.69. The number of nitrogens with zero attached hydrogens (tertiary/aromatic N) is 1. The van der Waals surface area contributed by atoms with Crippen LogP contribution in [0, 0.1) is 6.92 Å². The number of nitrogens with two attached hydrogens (primary N) is 1. The normalized spacial score (nSPS) is 15.1. The van der Waals surface area contributed by atoms with Crippen LogP contribution in [0.15, 0.2) is 30.3 Å². The molecule has 0 fully saturated rings. The van der Waals surface area contributed by atoms with Gasteiger partial charge in [0, 0.05) is 14.2 Å². The number of amides is 3. The van der Waals surface area contributed by atoms with Crippen molar-refractivity contribution < 1.29 is 38.9 Å². The van der Waals surface area contributed by atoms with Gasteiger partial charge >= 0.3 is 0 Å². The smallest absolute Gasteiger partial charge is 0.260 e. The largest absolute Gasteiger partial charge is 0.393 e. The summed E-state index contributed by atoms with van der Waals surface area (Å²) < 4.78 is 10.3. The first kappa shape index (κ1) is 31.0. The fourth-order valence-corrected chi connectivity index (χ4v) is 4.54. The molecule has 0 saturated heterocycles. The minimum Gasteiger partial charge on any atom is -0.393 e. The number of aliphatic hydroxyl groups excluding tert-OH is 1. The Bertz CT molecular complexity index is 1120. The molecule has 0 unspecified atom stereocenters. The van der Waals surface area contributed by atoms with Crippen molar-refractivity contribution in [2.45, 2.75) is 43.9 Å². The fraction of sp³-hybridized carbons (Fsp3) is 0.480. The van der Waals surface area contributed by atoms with E-state index in [0.29, 0.717) is 10.6 Å². The number of nitrogens with one attached hydrogen (secondary N) is 2. The van der Waals surface area contributed by atoms with Crippen LogP contribution in [0.5, 0.6) is 0 Å².